The summed E-state index contributed by atoms with van der Waals surface area (Å²) in [5.74, 6) is 0.277. The van der Waals surface area contributed by atoms with Crippen LogP contribution in [0.2, 0.25) is 5.02 Å². The summed E-state index contributed by atoms with van der Waals surface area (Å²) in [6, 6.07) is 11.6. The van der Waals surface area contributed by atoms with Crippen LogP contribution in [0, 0.1) is 20.8 Å². The lowest BCUT2D eigenvalue weighted by Gasteiger charge is -2.27. The Labute approximate surface area is 219 Å². The van der Waals surface area contributed by atoms with Gasteiger partial charge in [-0.3, -0.25) is 14.6 Å². The van der Waals surface area contributed by atoms with Gasteiger partial charge in [-0.25, -0.2) is 4.98 Å². The molecule has 0 N–H and O–H groups in total. The predicted molar refractivity (Wildman–Crippen MR) is 144 cm³/mol. The standard InChI is InChI=1S/C27H29ClN4O3S/c1-17-15-22-23(16-18(17)2)36-27(29-22)32(10-6-9-31-11-13-34-14-12-31)26(33)24-19(3)35-30-25(24)20-7-4-5-8-21(20)28/h4-5,7-8,15-16H,6,9-14H2,1-3H3. The summed E-state index contributed by atoms with van der Waals surface area (Å²) in [7, 11) is 0. The van der Waals surface area contributed by atoms with Gasteiger partial charge in [0.05, 0.1) is 28.5 Å². The van der Waals surface area contributed by atoms with Crippen molar-refractivity contribution in [3.8, 4) is 11.3 Å². The molecule has 7 nitrogen and oxygen atoms in total. The number of carbonyl (C=O) groups excluding carboxylic acids is 1. The molecule has 4 aromatic rings. The highest BCUT2D eigenvalue weighted by molar-refractivity contribution is 7.22. The van der Waals surface area contributed by atoms with Crippen LogP contribution in [0.1, 0.15) is 33.7 Å². The van der Waals surface area contributed by atoms with Crippen molar-refractivity contribution in [3.63, 3.8) is 0 Å². The fourth-order valence-electron chi connectivity index (χ4n) is 4.44. The minimum Gasteiger partial charge on any atom is -0.379 e. The summed E-state index contributed by atoms with van der Waals surface area (Å²) in [5, 5.41) is 5.41. The largest absolute Gasteiger partial charge is 0.379 e. The van der Waals surface area contributed by atoms with E-state index in [0.717, 1.165) is 49.5 Å². The summed E-state index contributed by atoms with van der Waals surface area (Å²) in [4.78, 5) is 23.2. The van der Waals surface area contributed by atoms with E-state index in [1.54, 1.807) is 17.9 Å². The molecule has 5 rings (SSSR count). The number of anilines is 1. The second-order valence-corrected chi connectivity index (χ2v) is 10.5. The van der Waals surface area contributed by atoms with E-state index < -0.39 is 0 Å². The molecule has 0 bridgehead atoms. The summed E-state index contributed by atoms with van der Waals surface area (Å²) in [6.45, 7) is 10.7. The number of aromatic nitrogens is 2. The van der Waals surface area contributed by atoms with Gasteiger partial charge in [-0.15, -0.1) is 0 Å². The number of benzene rings is 2. The third-order valence-corrected chi connectivity index (χ3v) is 8.00. The topological polar surface area (TPSA) is 71.7 Å². The molecule has 36 heavy (non-hydrogen) atoms. The van der Waals surface area contributed by atoms with Gasteiger partial charge in [0.1, 0.15) is 17.0 Å². The van der Waals surface area contributed by atoms with Gasteiger partial charge < -0.3 is 9.26 Å². The van der Waals surface area contributed by atoms with Crippen LogP contribution < -0.4 is 4.90 Å². The molecule has 1 amide bonds. The van der Waals surface area contributed by atoms with Crippen molar-refractivity contribution in [1.29, 1.82) is 0 Å². The average molecular weight is 525 g/mol. The Balaban J connectivity index is 1.50. The van der Waals surface area contributed by atoms with E-state index in [4.69, 9.17) is 25.8 Å². The number of halogens is 1. The van der Waals surface area contributed by atoms with Crippen LogP contribution in [-0.2, 0) is 4.74 Å². The Hall–Kier alpha value is -2.78. The Bertz CT molecular complexity index is 1350. The molecule has 2 aromatic carbocycles. The van der Waals surface area contributed by atoms with E-state index in [1.807, 2.05) is 18.2 Å². The second-order valence-electron chi connectivity index (χ2n) is 9.11. The lowest BCUT2D eigenvalue weighted by Crippen LogP contribution is -2.39. The summed E-state index contributed by atoms with van der Waals surface area (Å²) in [5.41, 5.74) is 4.83. The zero-order valence-corrected chi connectivity index (χ0v) is 22.3. The normalized spacial score (nSPS) is 14.4. The molecule has 0 unspecified atom stereocenters. The quantitative estimate of drug-likeness (QED) is 0.300. The highest BCUT2D eigenvalue weighted by atomic mass is 35.5. The van der Waals surface area contributed by atoms with Crippen LogP contribution in [0.25, 0.3) is 21.5 Å². The van der Waals surface area contributed by atoms with Gasteiger partial charge in [-0.1, -0.05) is 46.3 Å². The third-order valence-electron chi connectivity index (χ3n) is 6.63. The molecule has 0 aliphatic carbocycles. The zero-order valence-electron chi connectivity index (χ0n) is 20.7. The Morgan fingerprint density at radius 3 is 2.67 bits per heavy atom. The number of amides is 1. The summed E-state index contributed by atoms with van der Waals surface area (Å²) >= 11 is 8.00. The number of rotatable bonds is 7. The van der Waals surface area contributed by atoms with Gasteiger partial charge in [-0.05, 0) is 56.5 Å². The Morgan fingerprint density at radius 2 is 1.89 bits per heavy atom. The molecule has 9 heteroatoms. The van der Waals surface area contributed by atoms with Gasteiger partial charge >= 0.3 is 0 Å². The minimum absolute atomic E-state index is 0.182. The SMILES string of the molecule is Cc1cc2nc(N(CCCN3CCOCC3)C(=O)c3c(-c4ccccc4Cl)noc3C)sc2cc1C. The van der Waals surface area contributed by atoms with Gasteiger partial charge in [0, 0.05) is 31.7 Å². The van der Waals surface area contributed by atoms with Crippen molar-refractivity contribution < 1.29 is 14.1 Å². The minimum atomic E-state index is -0.182. The van der Waals surface area contributed by atoms with Gasteiger partial charge in [0.2, 0.25) is 0 Å². The van der Waals surface area contributed by atoms with Crippen molar-refractivity contribution in [2.45, 2.75) is 27.2 Å². The summed E-state index contributed by atoms with van der Waals surface area (Å²) in [6.07, 6.45) is 0.811. The first-order valence-electron chi connectivity index (χ1n) is 12.1. The number of fused-ring (bicyclic) bond motifs is 1. The molecule has 0 atom stereocenters. The highest BCUT2D eigenvalue weighted by Crippen LogP contribution is 2.35. The van der Waals surface area contributed by atoms with Crippen LogP contribution >= 0.6 is 22.9 Å². The van der Waals surface area contributed by atoms with Crippen LogP contribution in [0.3, 0.4) is 0 Å². The average Bonchev–Trinajstić information content (AvgIpc) is 3.45. The lowest BCUT2D eigenvalue weighted by molar-refractivity contribution is 0.0376. The highest BCUT2D eigenvalue weighted by Gasteiger charge is 2.29. The molecule has 1 fully saturated rings. The smallest absolute Gasteiger partial charge is 0.265 e. The molecule has 1 saturated heterocycles. The molecule has 3 heterocycles. The van der Waals surface area contributed by atoms with Crippen molar-refractivity contribution in [2.75, 3.05) is 44.3 Å². The molecule has 1 aliphatic rings. The number of hydrogen-bond donors (Lipinski definition) is 0. The molecule has 188 valence electrons. The maximum atomic E-state index is 14.1. The number of nitrogens with zero attached hydrogens (tertiary/aromatic N) is 4. The van der Waals surface area contributed by atoms with Gasteiger partial charge in [0.25, 0.3) is 5.91 Å². The summed E-state index contributed by atoms with van der Waals surface area (Å²) < 4.78 is 12.0. The van der Waals surface area contributed by atoms with Crippen LogP contribution in [0.5, 0.6) is 0 Å². The van der Waals surface area contributed by atoms with Gasteiger partial charge in [-0.2, -0.15) is 0 Å². The van der Waals surface area contributed by atoms with E-state index in [-0.39, 0.29) is 5.91 Å². The fourth-order valence-corrected chi connectivity index (χ4v) is 5.74. The molecule has 2 aromatic heterocycles. The van der Waals surface area contributed by atoms with Gasteiger partial charge in [0.15, 0.2) is 5.13 Å². The molecule has 0 radical (unpaired) electrons. The Kier molecular flexibility index (Phi) is 7.39. The molecular weight excluding hydrogens is 496 g/mol. The molecule has 0 saturated carbocycles. The molecule has 1 aliphatic heterocycles. The number of ether oxygens (including phenoxy) is 1. The van der Waals surface area contributed by atoms with Crippen molar-refractivity contribution >= 4 is 44.2 Å². The van der Waals surface area contributed by atoms with E-state index in [1.165, 1.54) is 22.5 Å². The van der Waals surface area contributed by atoms with Crippen LogP contribution in [-0.4, -0.2) is 60.3 Å². The number of hydrogen-bond acceptors (Lipinski definition) is 7. The molecule has 0 spiro atoms. The second kappa shape index (κ2) is 10.7. The number of aryl methyl sites for hydroxylation is 3. The maximum absolute atomic E-state index is 14.1. The maximum Gasteiger partial charge on any atom is 0.265 e. The monoisotopic (exact) mass is 524 g/mol. The zero-order chi connectivity index (χ0) is 25.2. The first kappa shape index (κ1) is 24.9. The lowest BCUT2D eigenvalue weighted by atomic mass is 10.0. The third kappa shape index (κ3) is 5.04. The van der Waals surface area contributed by atoms with Crippen molar-refractivity contribution in [1.82, 2.24) is 15.0 Å². The van der Waals surface area contributed by atoms with Crippen molar-refractivity contribution in [3.05, 3.63) is 63.9 Å². The predicted octanol–water partition coefficient (Wildman–Crippen LogP) is 5.90. The van der Waals surface area contributed by atoms with Crippen LogP contribution in [0.4, 0.5) is 5.13 Å². The van der Waals surface area contributed by atoms with E-state index >= 15 is 0 Å². The van der Waals surface area contributed by atoms with E-state index in [9.17, 15) is 4.79 Å². The van der Waals surface area contributed by atoms with E-state index in [2.05, 4.69) is 36.0 Å². The van der Waals surface area contributed by atoms with Crippen molar-refractivity contribution in [2.24, 2.45) is 0 Å². The first-order chi connectivity index (χ1) is 17.4. The number of morpholine rings is 1. The van der Waals surface area contributed by atoms with E-state index in [0.29, 0.717) is 39.3 Å². The van der Waals surface area contributed by atoms with Crippen LogP contribution in [0.15, 0.2) is 40.9 Å². The molecular formula is C27H29ClN4O3S. The first-order valence-corrected chi connectivity index (χ1v) is 13.3. The number of carbonyl (C=O) groups is 1. The Morgan fingerprint density at radius 1 is 1.14 bits per heavy atom. The fraction of sp³-hybridized carbons (Fsp3) is 0.370. The number of thiazole rings is 1.